The molecule has 5 nitrogen and oxygen atoms in total. The van der Waals surface area contributed by atoms with Crippen molar-refractivity contribution in [1.29, 1.82) is 0 Å². The molecule has 0 unspecified atom stereocenters. The van der Waals surface area contributed by atoms with Crippen LogP contribution in [0.4, 0.5) is 10.5 Å². The van der Waals surface area contributed by atoms with Crippen LogP contribution >= 0.6 is 0 Å². The first-order valence-electron chi connectivity index (χ1n) is 6.54. The van der Waals surface area contributed by atoms with Crippen molar-refractivity contribution in [3.63, 3.8) is 0 Å². The average Bonchev–Trinajstić information content (AvgIpc) is 2.42. The van der Waals surface area contributed by atoms with Crippen molar-refractivity contribution >= 4 is 24.3 Å². The van der Waals surface area contributed by atoms with Crippen LogP contribution in [-0.2, 0) is 0 Å². The van der Waals surface area contributed by atoms with Gasteiger partial charge in [0.25, 0.3) is 0 Å². The summed E-state index contributed by atoms with van der Waals surface area (Å²) in [4.78, 5) is 13.3. The summed E-state index contributed by atoms with van der Waals surface area (Å²) in [5, 5.41) is 21.0. The third kappa shape index (κ3) is 4.92. The molecule has 1 rings (SSSR count). The predicted octanol–water partition coefficient (Wildman–Crippen LogP) is 0.702. The number of unbranched alkanes of at least 4 members (excludes halogenated alkanes) is 2. The molecule has 0 aliphatic heterocycles. The van der Waals surface area contributed by atoms with Crippen LogP contribution in [0.3, 0.4) is 0 Å². The number of nitrogens with zero attached hydrogens (tertiary/aromatic N) is 1. The second-order valence-electron chi connectivity index (χ2n) is 4.47. The summed E-state index contributed by atoms with van der Waals surface area (Å²) in [6.45, 7) is 2.76. The molecule has 1 aromatic carbocycles. The van der Waals surface area contributed by atoms with E-state index in [0.717, 1.165) is 19.3 Å². The predicted molar refractivity (Wildman–Crippen MR) is 77.6 cm³/mol. The molecule has 6 heteroatoms. The van der Waals surface area contributed by atoms with Crippen LogP contribution in [0.25, 0.3) is 0 Å². The van der Waals surface area contributed by atoms with E-state index in [9.17, 15) is 4.79 Å². The molecule has 104 valence electrons. The lowest BCUT2D eigenvalue weighted by Crippen LogP contribution is -2.38. The highest BCUT2D eigenvalue weighted by molar-refractivity contribution is 6.58. The number of carbonyl (C=O) groups excluding carboxylic acids is 1. The number of carbonyl (C=O) groups is 1. The van der Waals surface area contributed by atoms with Crippen molar-refractivity contribution in [2.24, 2.45) is 0 Å². The number of hydrogen-bond donors (Lipinski definition) is 3. The van der Waals surface area contributed by atoms with E-state index in [1.165, 1.54) is 4.90 Å². The lowest BCUT2D eigenvalue weighted by atomic mass is 9.80. The standard InChI is InChI=1S/C13H21BN2O3/c1-3-4-5-9-15-13(17)16(2)12-8-6-7-11(10-12)14(18)19/h6-8,10,18-19H,3-5,9H2,1-2H3,(H,15,17). The maximum atomic E-state index is 11.9. The zero-order chi connectivity index (χ0) is 14.3. The molecule has 0 saturated carbocycles. The zero-order valence-corrected chi connectivity index (χ0v) is 11.5. The van der Waals surface area contributed by atoms with Gasteiger partial charge in [0, 0.05) is 19.3 Å². The number of amides is 2. The normalized spacial score (nSPS) is 10.1. The zero-order valence-electron chi connectivity index (χ0n) is 11.5. The maximum Gasteiger partial charge on any atom is 0.488 e. The van der Waals surface area contributed by atoms with Crippen molar-refractivity contribution in [1.82, 2.24) is 5.32 Å². The van der Waals surface area contributed by atoms with E-state index >= 15 is 0 Å². The molecular weight excluding hydrogens is 243 g/mol. The molecule has 0 atom stereocenters. The molecule has 0 aliphatic carbocycles. The first-order valence-corrected chi connectivity index (χ1v) is 6.54. The van der Waals surface area contributed by atoms with E-state index in [0.29, 0.717) is 17.7 Å². The Morgan fingerprint density at radius 1 is 1.37 bits per heavy atom. The monoisotopic (exact) mass is 264 g/mol. The van der Waals surface area contributed by atoms with E-state index < -0.39 is 7.12 Å². The van der Waals surface area contributed by atoms with Gasteiger partial charge < -0.3 is 15.4 Å². The Kier molecular flexibility index (Phi) is 6.39. The fourth-order valence-corrected chi connectivity index (χ4v) is 1.70. The minimum absolute atomic E-state index is 0.194. The Morgan fingerprint density at radius 2 is 2.11 bits per heavy atom. The van der Waals surface area contributed by atoms with E-state index in [4.69, 9.17) is 10.0 Å². The third-order valence-corrected chi connectivity index (χ3v) is 2.92. The highest BCUT2D eigenvalue weighted by Gasteiger charge is 2.14. The molecule has 0 radical (unpaired) electrons. The van der Waals surface area contributed by atoms with Crippen LogP contribution in [0.15, 0.2) is 24.3 Å². The van der Waals surface area contributed by atoms with Crippen LogP contribution < -0.4 is 15.7 Å². The second kappa shape index (κ2) is 7.81. The van der Waals surface area contributed by atoms with Gasteiger partial charge in [-0.25, -0.2) is 4.79 Å². The van der Waals surface area contributed by atoms with Crippen molar-refractivity contribution in [3.8, 4) is 0 Å². The van der Waals surface area contributed by atoms with Gasteiger partial charge in [0.15, 0.2) is 0 Å². The van der Waals surface area contributed by atoms with E-state index in [1.807, 2.05) is 0 Å². The molecule has 0 spiro atoms. The fourth-order valence-electron chi connectivity index (χ4n) is 1.70. The molecule has 0 aliphatic rings. The fraction of sp³-hybridized carbons (Fsp3) is 0.462. The van der Waals surface area contributed by atoms with Crippen LogP contribution in [-0.4, -0.2) is 36.8 Å². The van der Waals surface area contributed by atoms with Gasteiger partial charge in [0.05, 0.1) is 0 Å². The minimum atomic E-state index is -1.53. The summed E-state index contributed by atoms with van der Waals surface area (Å²) in [5.74, 6) is 0. The smallest absolute Gasteiger partial charge is 0.423 e. The summed E-state index contributed by atoms with van der Waals surface area (Å²) in [6, 6.07) is 6.42. The van der Waals surface area contributed by atoms with Gasteiger partial charge in [-0.1, -0.05) is 31.9 Å². The van der Waals surface area contributed by atoms with E-state index in [1.54, 1.807) is 31.3 Å². The molecule has 2 amide bonds. The van der Waals surface area contributed by atoms with Crippen LogP contribution in [0, 0.1) is 0 Å². The first kappa shape index (κ1) is 15.5. The largest absolute Gasteiger partial charge is 0.488 e. The number of anilines is 1. The Bertz CT molecular complexity index is 413. The number of benzene rings is 1. The van der Waals surface area contributed by atoms with Gasteiger partial charge in [-0.05, 0) is 24.0 Å². The lowest BCUT2D eigenvalue weighted by molar-refractivity contribution is 0.247. The molecule has 0 heterocycles. The van der Waals surface area contributed by atoms with Crippen LogP contribution in [0.2, 0.25) is 0 Å². The van der Waals surface area contributed by atoms with Gasteiger partial charge in [0.1, 0.15) is 0 Å². The van der Waals surface area contributed by atoms with Gasteiger partial charge in [-0.15, -0.1) is 0 Å². The Balaban J connectivity index is 2.58. The lowest BCUT2D eigenvalue weighted by Gasteiger charge is -2.18. The topological polar surface area (TPSA) is 72.8 Å². The van der Waals surface area contributed by atoms with Crippen LogP contribution in [0.5, 0.6) is 0 Å². The molecule has 0 fully saturated rings. The molecule has 0 bridgehead atoms. The van der Waals surface area contributed by atoms with Crippen molar-refractivity contribution in [2.45, 2.75) is 26.2 Å². The quantitative estimate of drug-likeness (QED) is 0.523. The van der Waals surface area contributed by atoms with Gasteiger partial charge in [0.2, 0.25) is 0 Å². The molecule has 0 aromatic heterocycles. The number of urea groups is 1. The summed E-state index contributed by atoms with van der Waals surface area (Å²) >= 11 is 0. The van der Waals surface area contributed by atoms with Gasteiger partial charge in [-0.2, -0.15) is 0 Å². The minimum Gasteiger partial charge on any atom is -0.423 e. The molecule has 3 N–H and O–H groups in total. The highest BCUT2D eigenvalue weighted by Crippen LogP contribution is 2.10. The Hall–Kier alpha value is -1.53. The van der Waals surface area contributed by atoms with Crippen molar-refractivity contribution < 1.29 is 14.8 Å². The third-order valence-electron chi connectivity index (χ3n) is 2.92. The molecule has 1 aromatic rings. The first-order chi connectivity index (χ1) is 9.06. The Labute approximate surface area is 114 Å². The summed E-state index contributed by atoms with van der Waals surface area (Å²) in [5.41, 5.74) is 0.988. The number of hydrogen-bond acceptors (Lipinski definition) is 3. The number of rotatable bonds is 6. The SMILES string of the molecule is CCCCCNC(=O)N(C)c1cccc(B(O)O)c1. The second-order valence-corrected chi connectivity index (χ2v) is 4.47. The summed E-state index contributed by atoms with van der Waals surface area (Å²) in [7, 11) is 0.124. The van der Waals surface area contributed by atoms with Crippen molar-refractivity contribution in [3.05, 3.63) is 24.3 Å². The highest BCUT2D eigenvalue weighted by atomic mass is 16.4. The van der Waals surface area contributed by atoms with E-state index in [2.05, 4.69) is 12.2 Å². The average molecular weight is 264 g/mol. The van der Waals surface area contributed by atoms with E-state index in [-0.39, 0.29) is 6.03 Å². The van der Waals surface area contributed by atoms with Gasteiger partial charge in [-0.3, -0.25) is 4.90 Å². The summed E-state index contributed by atoms with van der Waals surface area (Å²) < 4.78 is 0. The molecule has 0 saturated heterocycles. The Morgan fingerprint density at radius 3 is 2.74 bits per heavy atom. The number of nitrogens with one attached hydrogen (secondary N) is 1. The van der Waals surface area contributed by atoms with Gasteiger partial charge >= 0.3 is 13.1 Å². The van der Waals surface area contributed by atoms with Crippen LogP contribution in [0.1, 0.15) is 26.2 Å². The molecule has 19 heavy (non-hydrogen) atoms. The maximum absolute atomic E-state index is 11.9. The molecular formula is C13H21BN2O3. The summed E-state index contributed by atoms with van der Waals surface area (Å²) in [6.07, 6.45) is 3.17. The van der Waals surface area contributed by atoms with Crippen molar-refractivity contribution in [2.75, 3.05) is 18.5 Å².